The molecule has 58 heavy (non-hydrogen) atoms. The molecule has 4 heteroatoms. The Labute approximate surface area is 340 Å². The van der Waals surface area contributed by atoms with Gasteiger partial charge in [-0.3, -0.25) is 0 Å². The number of hydrogen-bond acceptors (Lipinski definition) is 4. The third-order valence-corrected chi connectivity index (χ3v) is 15.3. The summed E-state index contributed by atoms with van der Waals surface area (Å²) in [6, 6.07) is 47.0. The second-order valence-corrected chi connectivity index (χ2v) is 19.1. The molecule has 4 bridgehead atoms. The smallest absolute Gasteiger partial charge is 0.163 e. The fourth-order valence-corrected chi connectivity index (χ4v) is 13.2. The average Bonchev–Trinajstić information content (AvgIpc) is 3.65. The van der Waals surface area contributed by atoms with E-state index in [0.29, 0.717) is 0 Å². The van der Waals surface area contributed by atoms with Crippen LogP contribution in [0.3, 0.4) is 0 Å². The van der Waals surface area contributed by atoms with Crippen LogP contribution in [0.25, 0.3) is 45.0 Å². The molecule has 14 rings (SSSR count). The van der Waals surface area contributed by atoms with Crippen molar-refractivity contribution in [3.05, 3.63) is 172 Å². The summed E-state index contributed by atoms with van der Waals surface area (Å²) in [6.07, 6.45) is 7.71. The van der Waals surface area contributed by atoms with Gasteiger partial charge in [-0.25, -0.2) is 15.0 Å². The molecule has 6 aromatic carbocycles. The normalized spacial score (nSPS) is 24.0. The highest BCUT2D eigenvalue weighted by atomic mass is 16.5. The van der Waals surface area contributed by atoms with Gasteiger partial charge in [-0.2, -0.15) is 0 Å². The van der Waals surface area contributed by atoms with Crippen LogP contribution in [0.15, 0.2) is 127 Å². The molecule has 282 valence electrons. The molecule has 7 aromatic rings. The highest BCUT2D eigenvalue weighted by Gasteiger charge is 2.54. The van der Waals surface area contributed by atoms with E-state index < -0.39 is 5.41 Å². The van der Waals surface area contributed by atoms with Gasteiger partial charge in [0.05, 0.1) is 5.41 Å². The van der Waals surface area contributed by atoms with Crippen LogP contribution < -0.4 is 4.74 Å². The van der Waals surface area contributed by atoms with Gasteiger partial charge in [-0.05, 0) is 138 Å². The van der Waals surface area contributed by atoms with Gasteiger partial charge in [0.15, 0.2) is 11.6 Å². The van der Waals surface area contributed by atoms with Crippen molar-refractivity contribution in [3.8, 4) is 56.5 Å². The molecule has 2 heterocycles. The van der Waals surface area contributed by atoms with E-state index in [1.54, 1.807) is 0 Å². The van der Waals surface area contributed by atoms with E-state index in [0.717, 1.165) is 63.4 Å². The molecule has 1 aromatic heterocycles. The van der Waals surface area contributed by atoms with Gasteiger partial charge in [0, 0.05) is 33.1 Å². The first-order valence-corrected chi connectivity index (χ1v) is 21.4. The molecule has 0 amide bonds. The quantitative estimate of drug-likeness (QED) is 0.180. The summed E-state index contributed by atoms with van der Waals surface area (Å²) >= 11 is 0. The number of para-hydroxylation sites is 1. The maximum atomic E-state index is 6.81. The Morgan fingerprint density at radius 2 is 0.983 bits per heavy atom. The first-order valence-electron chi connectivity index (χ1n) is 21.4. The van der Waals surface area contributed by atoms with E-state index in [2.05, 4.69) is 148 Å². The summed E-state index contributed by atoms with van der Waals surface area (Å²) in [7, 11) is 0. The van der Waals surface area contributed by atoms with E-state index in [-0.39, 0.29) is 10.8 Å². The zero-order valence-corrected chi connectivity index (χ0v) is 33.3. The van der Waals surface area contributed by atoms with Crippen LogP contribution in [0.5, 0.6) is 11.5 Å². The Bertz CT molecular complexity index is 2840. The molecule has 0 unspecified atom stereocenters. The minimum atomic E-state index is -0.551. The van der Waals surface area contributed by atoms with Crippen LogP contribution in [0.4, 0.5) is 0 Å². The molecule has 0 radical (unpaired) electrons. The maximum absolute atomic E-state index is 6.81. The van der Waals surface area contributed by atoms with Crippen molar-refractivity contribution in [2.24, 2.45) is 17.8 Å². The molecular formula is C54H45N3O. The van der Waals surface area contributed by atoms with Gasteiger partial charge < -0.3 is 4.74 Å². The number of rotatable bonds is 3. The SMILES string of the molecule is Cc1ccc2c(c1)C(C)(C)c1cc(-c3nc(-c4ccc5c(c4)C4(c6ccccc6O5)c5ccccc5-c5ccccc54)nc(C45CC6CC(CC(C6)C4)C5)n3)ccc1-2. The number of hydrogen-bond donors (Lipinski definition) is 0. The standard InChI is InChI=1S/C54H45N3O/c1-31-16-19-39-40-20-17-35(26-45(40)52(2,3)44(39)22-31)49-55-50(57-51(56-49)53-28-32-23-33(29-53)25-34(24-32)30-53)36-18-21-48-46(27-36)54(43-14-8-9-15-47(43)58-48)41-12-6-4-10-37(41)38-11-5-7-13-42(38)54/h4-22,26-27,32-34H,23-25,28-30H2,1-3H3. The first-order chi connectivity index (χ1) is 28.3. The lowest BCUT2D eigenvalue weighted by atomic mass is 9.49. The third kappa shape index (κ3) is 4.33. The monoisotopic (exact) mass is 751 g/mol. The topological polar surface area (TPSA) is 47.9 Å². The Morgan fingerprint density at radius 1 is 0.483 bits per heavy atom. The van der Waals surface area contributed by atoms with Crippen molar-refractivity contribution >= 4 is 0 Å². The van der Waals surface area contributed by atoms with Gasteiger partial charge in [0.1, 0.15) is 17.3 Å². The average molecular weight is 752 g/mol. The summed E-state index contributed by atoms with van der Waals surface area (Å²) in [5.41, 5.74) is 15.5. The first kappa shape index (κ1) is 33.1. The number of benzene rings is 6. The van der Waals surface area contributed by atoms with E-state index in [1.165, 1.54) is 94.2 Å². The number of aromatic nitrogens is 3. The van der Waals surface area contributed by atoms with Gasteiger partial charge in [0.25, 0.3) is 0 Å². The molecular weight excluding hydrogens is 707 g/mol. The fraction of sp³-hybridized carbons (Fsp3) is 0.278. The molecule has 6 aliphatic carbocycles. The van der Waals surface area contributed by atoms with Crippen LogP contribution in [0.2, 0.25) is 0 Å². The van der Waals surface area contributed by atoms with E-state index in [1.807, 2.05) is 0 Å². The lowest BCUT2D eigenvalue weighted by Gasteiger charge is -2.56. The maximum Gasteiger partial charge on any atom is 0.163 e. The van der Waals surface area contributed by atoms with Gasteiger partial charge in [-0.1, -0.05) is 116 Å². The number of nitrogens with zero attached hydrogens (tertiary/aromatic N) is 3. The van der Waals surface area contributed by atoms with Crippen molar-refractivity contribution in [3.63, 3.8) is 0 Å². The summed E-state index contributed by atoms with van der Waals surface area (Å²) in [4.78, 5) is 16.6. The molecule has 4 fully saturated rings. The second-order valence-electron chi connectivity index (χ2n) is 19.1. The van der Waals surface area contributed by atoms with Crippen molar-refractivity contribution in [2.45, 2.75) is 75.5 Å². The van der Waals surface area contributed by atoms with Crippen LogP contribution in [0, 0.1) is 24.7 Å². The molecule has 7 aliphatic rings. The molecule has 1 spiro atoms. The van der Waals surface area contributed by atoms with Crippen LogP contribution >= 0.6 is 0 Å². The van der Waals surface area contributed by atoms with Crippen LogP contribution in [-0.2, 0) is 16.2 Å². The Morgan fingerprint density at radius 3 is 1.64 bits per heavy atom. The minimum Gasteiger partial charge on any atom is -0.457 e. The number of aryl methyl sites for hydroxylation is 1. The largest absolute Gasteiger partial charge is 0.457 e. The van der Waals surface area contributed by atoms with E-state index in [4.69, 9.17) is 19.7 Å². The van der Waals surface area contributed by atoms with Gasteiger partial charge >= 0.3 is 0 Å². The Kier molecular flexibility index (Phi) is 6.52. The van der Waals surface area contributed by atoms with E-state index >= 15 is 0 Å². The zero-order chi connectivity index (χ0) is 38.5. The highest BCUT2D eigenvalue weighted by molar-refractivity contribution is 5.89. The number of ether oxygens (including phenoxy) is 1. The van der Waals surface area contributed by atoms with Crippen molar-refractivity contribution < 1.29 is 4.74 Å². The molecule has 4 nitrogen and oxygen atoms in total. The van der Waals surface area contributed by atoms with Crippen LogP contribution in [-0.4, -0.2) is 15.0 Å². The van der Waals surface area contributed by atoms with Gasteiger partial charge in [0.2, 0.25) is 0 Å². The Balaban J connectivity index is 1.03. The summed E-state index contributed by atoms with van der Waals surface area (Å²) < 4.78 is 6.81. The zero-order valence-electron chi connectivity index (χ0n) is 33.3. The van der Waals surface area contributed by atoms with Crippen molar-refractivity contribution in [1.29, 1.82) is 0 Å². The molecule has 0 N–H and O–H groups in total. The summed E-state index contributed by atoms with van der Waals surface area (Å²) in [5, 5.41) is 0. The Hall–Kier alpha value is -5.87. The third-order valence-electron chi connectivity index (χ3n) is 15.3. The van der Waals surface area contributed by atoms with Gasteiger partial charge in [-0.15, -0.1) is 0 Å². The minimum absolute atomic E-state index is 0.00572. The molecule has 0 atom stereocenters. The summed E-state index contributed by atoms with van der Waals surface area (Å²) in [5.74, 6) is 6.66. The predicted molar refractivity (Wildman–Crippen MR) is 230 cm³/mol. The highest BCUT2D eigenvalue weighted by Crippen LogP contribution is 2.63. The van der Waals surface area contributed by atoms with Crippen LogP contribution in [0.1, 0.15) is 97.1 Å². The predicted octanol–water partition coefficient (Wildman–Crippen LogP) is 12.8. The van der Waals surface area contributed by atoms with Crippen molar-refractivity contribution in [1.82, 2.24) is 15.0 Å². The number of fused-ring (bicyclic) bond motifs is 12. The lowest BCUT2D eigenvalue weighted by Crippen LogP contribution is -2.49. The van der Waals surface area contributed by atoms with Crippen molar-refractivity contribution in [2.75, 3.05) is 0 Å². The van der Waals surface area contributed by atoms with E-state index in [9.17, 15) is 0 Å². The molecule has 1 aliphatic heterocycles. The molecule has 4 saturated carbocycles. The molecule has 0 saturated heterocycles. The summed E-state index contributed by atoms with van der Waals surface area (Å²) in [6.45, 7) is 6.92. The second kappa shape index (κ2) is 11.4. The fourth-order valence-electron chi connectivity index (χ4n) is 13.2. The lowest BCUT2D eigenvalue weighted by molar-refractivity contribution is -0.00938.